The summed E-state index contributed by atoms with van der Waals surface area (Å²) in [4.78, 5) is 22.2. The molecule has 1 amide bonds. The monoisotopic (exact) mass is 372 g/mol. The summed E-state index contributed by atoms with van der Waals surface area (Å²) in [5.41, 5.74) is 1.48. The first-order valence-electron chi connectivity index (χ1n) is 11.4. The molecule has 0 atom stereocenters. The van der Waals surface area contributed by atoms with Crippen LogP contribution < -0.4 is 10.6 Å². The first-order valence-corrected chi connectivity index (χ1v) is 11.4. The summed E-state index contributed by atoms with van der Waals surface area (Å²) in [5, 5.41) is 6.85. The third-order valence-corrected chi connectivity index (χ3v) is 7.11. The Morgan fingerprint density at radius 1 is 0.852 bits per heavy atom. The Labute approximate surface area is 163 Å². The average Bonchev–Trinajstić information content (AvgIpc) is 2.76. The van der Waals surface area contributed by atoms with E-state index in [0.29, 0.717) is 23.8 Å². The lowest BCUT2D eigenvalue weighted by Gasteiger charge is -2.34. The van der Waals surface area contributed by atoms with Crippen molar-refractivity contribution in [2.24, 2.45) is 27.7 Å². The van der Waals surface area contributed by atoms with Crippen LogP contribution in [0.15, 0.2) is 9.98 Å². The van der Waals surface area contributed by atoms with E-state index in [4.69, 9.17) is 4.99 Å². The van der Waals surface area contributed by atoms with Crippen LogP contribution in [-0.4, -0.2) is 43.1 Å². The molecular weight excluding hydrogens is 336 g/mol. The molecule has 5 nitrogen and oxygen atoms in total. The number of nitrogens with one attached hydrogen (secondary N) is 2. The molecule has 4 aliphatic rings. The standard InChI is InChI=1S/C22H36N4O/c27-22(18-7-5-17(6-8-18)21-24-14-3-15-25-21)26-19-11-9-16(10-12-19)20-4-1-2-13-23-20/h16-19H,1-15H2,(H,24,25)(H,26,27). The molecule has 0 spiro atoms. The number of carbonyl (C=O) groups excluding carboxylic acids is 1. The number of amidine groups is 1. The number of carbonyl (C=O) groups is 1. The molecule has 2 saturated carbocycles. The summed E-state index contributed by atoms with van der Waals surface area (Å²) >= 11 is 0. The highest BCUT2D eigenvalue weighted by Gasteiger charge is 2.31. The topological polar surface area (TPSA) is 65.8 Å². The van der Waals surface area contributed by atoms with E-state index in [0.717, 1.165) is 64.6 Å². The van der Waals surface area contributed by atoms with Crippen molar-refractivity contribution in [2.75, 3.05) is 19.6 Å². The lowest BCUT2D eigenvalue weighted by molar-refractivity contribution is -0.127. The minimum absolute atomic E-state index is 0.214. The molecular formula is C22H36N4O. The summed E-state index contributed by atoms with van der Waals surface area (Å²) in [6.07, 6.45) is 13.9. The van der Waals surface area contributed by atoms with E-state index in [1.165, 1.54) is 43.7 Å². The van der Waals surface area contributed by atoms with E-state index in [1.54, 1.807) is 0 Å². The van der Waals surface area contributed by atoms with Gasteiger partial charge in [0.1, 0.15) is 0 Å². The van der Waals surface area contributed by atoms with Gasteiger partial charge in [-0.25, -0.2) is 0 Å². The molecule has 0 unspecified atom stereocenters. The summed E-state index contributed by atoms with van der Waals surface area (Å²) in [5.74, 6) is 2.99. The maximum absolute atomic E-state index is 12.8. The number of amides is 1. The van der Waals surface area contributed by atoms with Gasteiger partial charge in [-0.05, 0) is 83.0 Å². The van der Waals surface area contributed by atoms with Crippen molar-refractivity contribution in [3.05, 3.63) is 0 Å². The molecule has 0 radical (unpaired) electrons. The van der Waals surface area contributed by atoms with Gasteiger partial charge in [-0.1, -0.05) is 0 Å². The van der Waals surface area contributed by atoms with E-state index in [1.807, 2.05) is 0 Å². The van der Waals surface area contributed by atoms with Crippen LogP contribution in [0.1, 0.15) is 77.0 Å². The predicted molar refractivity (Wildman–Crippen MR) is 110 cm³/mol. The van der Waals surface area contributed by atoms with Crippen molar-refractivity contribution in [1.82, 2.24) is 10.6 Å². The van der Waals surface area contributed by atoms with Crippen LogP contribution in [0.25, 0.3) is 0 Å². The predicted octanol–water partition coefficient (Wildman–Crippen LogP) is 3.48. The van der Waals surface area contributed by atoms with E-state index in [2.05, 4.69) is 15.6 Å². The van der Waals surface area contributed by atoms with Crippen LogP contribution >= 0.6 is 0 Å². The number of rotatable bonds is 4. The Kier molecular flexibility index (Phi) is 6.46. The highest BCUT2D eigenvalue weighted by molar-refractivity contribution is 5.87. The average molecular weight is 373 g/mol. The van der Waals surface area contributed by atoms with E-state index >= 15 is 0 Å². The molecule has 4 rings (SSSR count). The molecule has 27 heavy (non-hydrogen) atoms. The summed E-state index contributed by atoms with van der Waals surface area (Å²) in [7, 11) is 0. The second kappa shape index (κ2) is 9.20. The second-order valence-corrected chi connectivity index (χ2v) is 8.98. The van der Waals surface area contributed by atoms with Crippen LogP contribution in [0.4, 0.5) is 0 Å². The zero-order valence-electron chi connectivity index (χ0n) is 16.7. The Morgan fingerprint density at radius 3 is 2.26 bits per heavy atom. The molecule has 0 saturated heterocycles. The molecule has 0 bridgehead atoms. The normalized spacial score (nSPS) is 34.8. The van der Waals surface area contributed by atoms with Crippen molar-refractivity contribution < 1.29 is 4.79 Å². The van der Waals surface area contributed by atoms with Crippen molar-refractivity contribution in [2.45, 2.75) is 83.1 Å². The van der Waals surface area contributed by atoms with Crippen molar-refractivity contribution in [1.29, 1.82) is 0 Å². The molecule has 5 heteroatoms. The van der Waals surface area contributed by atoms with Gasteiger partial charge < -0.3 is 10.6 Å². The first-order chi connectivity index (χ1) is 13.3. The molecule has 2 aliphatic carbocycles. The van der Waals surface area contributed by atoms with E-state index in [9.17, 15) is 4.79 Å². The summed E-state index contributed by atoms with van der Waals surface area (Å²) in [6.45, 7) is 3.07. The molecule has 2 aliphatic heterocycles. The molecule has 2 fully saturated rings. The molecule has 150 valence electrons. The van der Waals surface area contributed by atoms with Gasteiger partial charge >= 0.3 is 0 Å². The van der Waals surface area contributed by atoms with Gasteiger partial charge in [-0.3, -0.25) is 14.8 Å². The maximum Gasteiger partial charge on any atom is 0.223 e. The highest BCUT2D eigenvalue weighted by atomic mass is 16.1. The van der Waals surface area contributed by atoms with Crippen molar-refractivity contribution >= 4 is 17.5 Å². The Balaban J connectivity index is 1.19. The Morgan fingerprint density at radius 2 is 1.59 bits per heavy atom. The second-order valence-electron chi connectivity index (χ2n) is 8.98. The van der Waals surface area contributed by atoms with Gasteiger partial charge in [0.15, 0.2) is 0 Å². The number of hydrogen-bond acceptors (Lipinski definition) is 4. The van der Waals surface area contributed by atoms with Crippen LogP contribution in [0.3, 0.4) is 0 Å². The highest BCUT2D eigenvalue weighted by Crippen LogP contribution is 2.32. The molecule has 2 heterocycles. The SMILES string of the molecule is O=C(NC1CCC(C2=NCCCC2)CC1)C1CCC(C2=NCCCN2)CC1. The minimum atomic E-state index is 0.214. The van der Waals surface area contributed by atoms with Gasteiger partial charge in [0.2, 0.25) is 5.91 Å². The maximum atomic E-state index is 12.8. The summed E-state index contributed by atoms with van der Waals surface area (Å²) in [6, 6.07) is 0.389. The van der Waals surface area contributed by atoms with E-state index < -0.39 is 0 Å². The smallest absolute Gasteiger partial charge is 0.223 e. The Bertz CT molecular complexity index is 569. The molecule has 0 aromatic rings. The third-order valence-electron chi connectivity index (χ3n) is 7.11. The number of aliphatic imine (C=N–C) groups is 2. The van der Waals surface area contributed by atoms with Crippen molar-refractivity contribution in [3.63, 3.8) is 0 Å². The van der Waals surface area contributed by atoms with E-state index in [-0.39, 0.29) is 5.92 Å². The van der Waals surface area contributed by atoms with Crippen LogP contribution in [0.5, 0.6) is 0 Å². The van der Waals surface area contributed by atoms with Crippen LogP contribution in [0, 0.1) is 17.8 Å². The van der Waals surface area contributed by atoms with Gasteiger partial charge in [0.25, 0.3) is 0 Å². The third kappa shape index (κ3) is 4.91. The van der Waals surface area contributed by atoms with Gasteiger partial charge in [0.05, 0.1) is 5.84 Å². The zero-order valence-corrected chi connectivity index (χ0v) is 16.7. The minimum Gasteiger partial charge on any atom is -0.374 e. The molecule has 0 aromatic heterocycles. The van der Waals surface area contributed by atoms with Crippen LogP contribution in [-0.2, 0) is 4.79 Å². The first kappa shape index (κ1) is 18.9. The quantitative estimate of drug-likeness (QED) is 0.793. The lowest BCUT2D eigenvalue weighted by atomic mass is 9.79. The van der Waals surface area contributed by atoms with Crippen molar-refractivity contribution in [3.8, 4) is 0 Å². The fourth-order valence-electron chi connectivity index (χ4n) is 5.40. The number of hydrogen-bond donors (Lipinski definition) is 2. The largest absolute Gasteiger partial charge is 0.374 e. The van der Waals surface area contributed by atoms with Crippen LogP contribution in [0.2, 0.25) is 0 Å². The van der Waals surface area contributed by atoms with Gasteiger partial charge in [-0.15, -0.1) is 0 Å². The Hall–Kier alpha value is -1.39. The summed E-state index contributed by atoms with van der Waals surface area (Å²) < 4.78 is 0. The fourth-order valence-corrected chi connectivity index (χ4v) is 5.40. The number of nitrogens with zero attached hydrogens (tertiary/aromatic N) is 2. The molecule has 0 aromatic carbocycles. The molecule has 2 N–H and O–H groups in total. The lowest BCUT2D eigenvalue weighted by Crippen LogP contribution is -2.43. The zero-order chi connectivity index (χ0) is 18.5. The van der Waals surface area contributed by atoms with Gasteiger partial charge in [0, 0.05) is 43.2 Å². The fraction of sp³-hybridized carbons (Fsp3) is 0.864. The van der Waals surface area contributed by atoms with Gasteiger partial charge in [-0.2, -0.15) is 0 Å².